The van der Waals surface area contributed by atoms with Crippen LogP contribution in [0, 0.1) is 17.8 Å². The van der Waals surface area contributed by atoms with Crippen LogP contribution in [-0.2, 0) is 0 Å². The molecule has 0 N–H and O–H groups in total. The lowest BCUT2D eigenvalue weighted by Gasteiger charge is -2.45. The van der Waals surface area contributed by atoms with E-state index in [0.29, 0.717) is 11.5 Å². The van der Waals surface area contributed by atoms with Crippen molar-refractivity contribution in [3.05, 3.63) is 36.0 Å². The second kappa shape index (κ2) is 4.62. The number of hydrogen-bond acceptors (Lipinski definition) is 3. The number of benzene rings is 1. The molecule has 3 heteroatoms. The molecule has 3 heterocycles. The first kappa shape index (κ1) is 16.2. The Hall–Kier alpha value is -2.03. The number of aromatic nitrogens is 1. The summed E-state index contributed by atoms with van der Waals surface area (Å²) in [5, 5.41) is 2.28. The summed E-state index contributed by atoms with van der Waals surface area (Å²) in [7, 11) is 0. The minimum Gasteiger partial charge on any atom is -0.436 e. The van der Waals surface area contributed by atoms with Gasteiger partial charge in [-0.05, 0) is 62.1 Å². The Bertz CT molecular complexity index is 1050. The number of anilines is 1. The minimum atomic E-state index is 0.132. The lowest BCUT2D eigenvalue weighted by atomic mass is 9.65. The summed E-state index contributed by atoms with van der Waals surface area (Å²) in [5.74, 6) is 0. The number of furan rings is 1. The number of rotatable bonds is 1. The molecule has 3 nitrogen and oxygen atoms in total. The molecule has 1 aliphatic heterocycles. The van der Waals surface area contributed by atoms with Crippen molar-refractivity contribution in [2.24, 2.45) is 10.8 Å². The monoisotopic (exact) mass is 348 g/mol. The first-order valence-corrected chi connectivity index (χ1v) is 9.78. The molecule has 3 aromatic rings. The highest BCUT2D eigenvalue weighted by Gasteiger charge is 2.70. The van der Waals surface area contributed by atoms with Gasteiger partial charge in [0.25, 0.3) is 0 Å². The van der Waals surface area contributed by atoms with Crippen LogP contribution in [0.1, 0.15) is 53.0 Å². The zero-order valence-electron chi connectivity index (χ0n) is 16.7. The Morgan fingerprint density at radius 2 is 1.85 bits per heavy atom. The molecule has 2 aliphatic rings. The second-order valence-electron chi connectivity index (χ2n) is 9.43. The van der Waals surface area contributed by atoms with E-state index in [2.05, 4.69) is 69.6 Å². The summed E-state index contributed by atoms with van der Waals surface area (Å²) in [4.78, 5) is 7.15. The van der Waals surface area contributed by atoms with Gasteiger partial charge in [0.1, 0.15) is 0 Å². The van der Waals surface area contributed by atoms with Crippen molar-refractivity contribution in [2.75, 3.05) is 4.90 Å². The van der Waals surface area contributed by atoms with Gasteiger partial charge in [0.2, 0.25) is 5.71 Å². The zero-order chi connectivity index (χ0) is 18.5. The van der Waals surface area contributed by atoms with E-state index >= 15 is 0 Å². The molecule has 2 aromatic heterocycles. The molecule has 1 saturated carbocycles. The highest BCUT2D eigenvalue weighted by Crippen LogP contribution is 2.69. The highest BCUT2D eigenvalue weighted by atomic mass is 16.3. The predicted octanol–water partition coefficient (Wildman–Crippen LogP) is 6.08. The molecule has 3 unspecified atom stereocenters. The first-order chi connectivity index (χ1) is 12.2. The summed E-state index contributed by atoms with van der Waals surface area (Å²) >= 11 is 0. The third-order valence-electron chi connectivity index (χ3n) is 8.58. The smallest absolute Gasteiger partial charge is 0.227 e. The van der Waals surface area contributed by atoms with E-state index in [9.17, 15) is 0 Å². The van der Waals surface area contributed by atoms with Crippen molar-refractivity contribution in [1.82, 2.24) is 4.98 Å². The van der Waals surface area contributed by atoms with Crippen LogP contribution < -0.4 is 4.90 Å². The van der Waals surface area contributed by atoms with Crippen molar-refractivity contribution >= 4 is 27.8 Å². The molecule has 5 rings (SSSR count). The van der Waals surface area contributed by atoms with Crippen molar-refractivity contribution in [2.45, 2.75) is 66.0 Å². The third kappa shape index (κ3) is 1.55. The maximum atomic E-state index is 6.33. The maximum Gasteiger partial charge on any atom is 0.227 e. The molecule has 2 fully saturated rings. The van der Waals surface area contributed by atoms with Gasteiger partial charge in [-0.15, -0.1) is 0 Å². The van der Waals surface area contributed by atoms with Gasteiger partial charge in [-0.1, -0.05) is 32.9 Å². The SMILES string of the molecule is Cc1ccc2c(oc3ncccc32)c1N1C(C)C2(C)CCC1(C)C2(C)C. The van der Waals surface area contributed by atoms with E-state index in [0.717, 1.165) is 16.7 Å². The predicted molar refractivity (Wildman–Crippen MR) is 108 cm³/mol. The van der Waals surface area contributed by atoms with E-state index < -0.39 is 0 Å². The van der Waals surface area contributed by atoms with Gasteiger partial charge in [-0.25, -0.2) is 4.98 Å². The second-order valence-corrected chi connectivity index (χ2v) is 9.43. The summed E-state index contributed by atoms with van der Waals surface area (Å²) in [6.45, 7) is 14.5. The normalized spacial score (nSPS) is 32.8. The van der Waals surface area contributed by atoms with Crippen LogP contribution in [0.3, 0.4) is 0 Å². The first-order valence-electron chi connectivity index (χ1n) is 9.78. The summed E-state index contributed by atoms with van der Waals surface area (Å²) in [6, 6.07) is 9.01. The molecule has 2 bridgehead atoms. The molecule has 0 spiro atoms. The quantitative estimate of drug-likeness (QED) is 0.533. The molecule has 1 aromatic carbocycles. The average molecular weight is 348 g/mol. The van der Waals surface area contributed by atoms with Gasteiger partial charge in [0.05, 0.1) is 5.69 Å². The van der Waals surface area contributed by atoms with Crippen molar-refractivity contribution in [3.63, 3.8) is 0 Å². The standard InChI is InChI=1S/C23H28N2O/c1-14-9-10-16-17-8-7-13-24-20(17)26-19(16)18(14)25-15(2)22(5)11-12-23(25,6)21(22,3)4/h7-10,13,15H,11-12H2,1-6H3. The summed E-state index contributed by atoms with van der Waals surface area (Å²) in [6.07, 6.45) is 4.34. The van der Waals surface area contributed by atoms with Crippen LogP contribution in [-0.4, -0.2) is 16.6 Å². The van der Waals surface area contributed by atoms with Crippen LogP contribution >= 0.6 is 0 Å². The molecule has 26 heavy (non-hydrogen) atoms. The van der Waals surface area contributed by atoms with Gasteiger partial charge in [-0.3, -0.25) is 0 Å². The Morgan fingerprint density at radius 1 is 1.08 bits per heavy atom. The fourth-order valence-corrected chi connectivity index (χ4v) is 6.11. The van der Waals surface area contributed by atoms with Crippen LogP contribution in [0.25, 0.3) is 22.1 Å². The molecule has 3 atom stereocenters. The van der Waals surface area contributed by atoms with Gasteiger partial charge >= 0.3 is 0 Å². The number of pyridine rings is 1. The van der Waals surface area contributed by atoms with E-state index in [4.69, 9.17) is 4.42 Å². The third-order valence-corrected chi connectivity index (χ3v) is 8.58. The van der Waals surface area contributed by atoms with Crippen molar-refractivity contribution in [3.8, 4) is 0 Å². The summed E-state index contributed by atoms with van der Waals surface area (Å²) < 4.78 is 6.33. The average Bonchev–Trinajstić information content (AvgIpc) is 3.10. The van der Waals surface area contributed by atoms with Gasteiger partial charge in [0, 0.05) is 28.6 Å². The fourth-order valence-electron chi connectivity index (χ4n) is 6.11. The number of hydrogen-bond donors (Lipinski definition) is 0. The lowest BCUT2D eigenvalue weighted by Crippen LogP contribution is -2.50. The number of piperidine rings is 1. The topological polar surface area (TPSA) is 29.3 Å². The highest BCUT2D eigenvalue weighted by molar-refractivity contribution is 6.08. The minimum absolute atomic E-state index is 0.132. The van der Waals surface area contributed by atoms with E-state index in [1.165, 1.54) is 29.5 Å². The van der Waals surface area contributed by atoms with E-state index in [1.54, 1.807) is 0 Å². The molecular formula is C23H28N2O. The van der Waals surface area contributed by atoms with Crippen LogP contribution in [0.4, 0.5) is 5.69 Å². The van der Waals surface area contributed by atoms with E-state index in [1.807, 2.05) is 12.3 Å². The Morgan fingerprint density at radius 3 is 2.54 bits per heavy atom. The molecule has 0 amide bonds. The molecule has 1 aliphatic carbocycles. The van der Waals surface area contributed by atoms with Crippen molar-refractivity contribution in [1.29, 1.82) is 0 Å². The Balaban J connectivity index is 1.84. The molecule has 1 saturated heterocycles. The lowest BCUT2D eigenvalue weighted by molar-refractivity contribution is 0.132. The van der Waals surface area contributed by atoms with Crippen LogP contribution in [0.15, 0.2) is 34.9 Å². The van der Waals surface area contributed by atoms with E-state index in [-0.39, 0.29) is 11.0 Å². The largest absolute Gasteiger partial charge is 0.436 e. The Labute approximate surface area is 155 Å². The van der Waals surface area contributed by atoms with Gasteiger partial charge < -0.3 is 9.32 Å². The molecular weight excluding hydrogens is 320 g/mol. The molecule has 0 radical (unpaired) electrons. The number of nitrogens with zero attached hydrogens (tertiary/aromatic N) is 2. The number of aryl methyl sites for hydroxylation is 1. The van der Waals surface area contributed by atoms with Gasteiger partial charge in [-0.2, -0.15) is 0 Å². The van der Waals surface area contributed by atoms with Gasteiger partial charge in [0.15, 0.2) is 5.58 Å². The van der Waals surface area contributed by atoms with Crippen LogP contribution in [0.5, 0.6) is 0 Å². The molecule has 136 valence electrons. The van der Waals surface area contributed by atoms with Crippen LogP contribution in [0.2, 0.25) is 0 Å². The summed E-state index contributed by atoms with van der Waals surface area (Å²) in [5.41, 5.74) is 4.98. The number of fused-ring (bicyclic) bond motifs is 5. The zero-order valence-corrected chi connectivity index (χ0v) is 16.7. The Kier molecular flexibility index (Phi) is 2.87. The van der Waals surface area contributed by atoms with Crippen molar-refractivity contribution < 1.29 is 4.42 Å². The fraction of sp³-hybridized carbons (Fsp3) is 0.522. The maximum absolute atomic E-state index is 6.33.